The van der Waals surface area contributed by atoms with E-state index < -0.39 is 0 Å². The van der Waals surface area contributed by atoms with Crippen LogP contribution in [0, 0.1) is 0 Å². The lowest BCUT2D eigenvalue weighted by Crippen LogP contribution is -2.26. The van der Waals surface area contributed by atoms with Gasteiger partial charge in [0.05, 0.1) is 23.5 Å². The first-order valence-corrected chi connectivity index (χ1v) is 10.1. The van der Waals surface area contributed by atoms with Gasteiger partial charge in [0, 0.05) is 38.1 Å². The molecule has 2 N–H and O–H groups in total. The molecular formula is C18H22N8S. The number of nitrogens with zero attached hydrogens (tertiary/aromatic N) is 6. The molecule has 1 unspecified atom stereocenters. The maximum atomic E-state index is 4.67. The highest BCUT2D eigenvalue weighted by molar-refractivity contribution is 7.10. The largest absolute Gasteiger partial charge is 0.328 e. The van der Waals surface area contributed by atoms with Crippen molar-refractivity contribution in [2.24, 2.45) is 5.10 Å². The first kappa shape index (κ1) is 16.6. The number of fused-ring (bicyclic) bond motifs is 1. The zero-order chi connectivity index (χ0) is 18.2. The summed E-state index contributed by atoms with van der Waals surface area (Å²) in [6.45, 7) is 3.01. The van der Waals surface area contributed by atoms with Crippen molar-refractivity contribution in [3.05, 3.63) is 36.0 Å². The molecule has 1 saturated heterocycles. The van der Waals surface area contributed by atoms with E-state index in [0.717, 1.165) is 54.6 Å². The molecule has 0 aromatic carbocycles. The van der Waals surface area contributed by atoms with Crippen molar-refractivity contribution < 1.29 is 0 Å². The van der Waals surface area contributed by atoms with Crippen molar-refractivity contribution >= 4 is 34.2 Å². The number of aromatic nitrogens is 4. The van der Waals surface area contributed by atoms with Crippen molar-refractivity contribution in [3.8, 4) is 0 Å². The van der Waals surface area contributed by atoms with Gasteiger partial charge in [-0.3, -0.25) is 9.41 Å². The third-order valence-corrected chi connectivity index (χ3v) is 5.99. The maximum absolute atomic E-state index is 4.67. The van der Waals surface area contributed by atoms with Gasteiger partial charge >= 0.3 is 0 Å². The topological polar surface area (TPSA) is 82.7 Å². The van der Waals surface area contributed by atoms with Crippen LogP contribution < -0.4 is 10.6 Å². The number of hydrogen-bond donors (Lipinski definition) is 2. The van der Waals surface area contributed by atoms with Crippen LogP contribution in [-0.4, -0.2) is 56.6 Å². The molecule has 2 aliphatic rings. The van der Waals surface area contributed by atoms with Crippen LogP contribution in [0.4, 0.5) is 10.8 Å². The number of rotatable bonds is 4. The molecule has 0 aliphatic carbocycles. The Labute approximate surface area is 161 Å². The third-order valence-electron chi connectivity index (χ3n) is 5.27. The Bertz CT molecular complexity index is 971. The number of nitrogens with one attached hydrogen (secondary N) is 2. The van der Waals surface area contributed by atoms with Gasteiger partial charge < -0.3 is 10.6 Å². The van der Waals surface area contributed by atoms with Crippen molar-refractivity contribution in [2.75, 3.05) is 32.0 Å². The zero-order valence-corrected chi connectivity index (χ0v) is 16.0. The Hall–Kier alpha value is -2.52. The fraction of sp³-hybridized carbons (Fsp3) is 0.444. The lowest BCUT2D eigenvalue weighted by Gasteiger charge is -2.20. The summed E-state index contributed by atoms with van der Waals surface area (Å²) in [5.74, 6) is 1.56. The molecule has 3 aromatic heterocycles. The third kappa shape index (κ3) is 3.17. The van der Waals surface area contributed by atoms with Crippen LogP contribution in [-0.2, 0) is 0 Å². The molecule has 1 fully saturated rings. The van der Waals surface area contributed by atoms with E-state index in [-0.39, 0.29) is 5.92 Å². The van der Waals surface area contributed by atoms with Crippen LogP contribution in [0.15, 0.2) is 29.8 Å². The van der Waals surface area contributed by atoms with Gasteiger partial charge in [-0.1, -0.05) is 0 Å². The minimum Gasteiger partial charge on any atom is -0.328 e. The SMILES string of the molecule is CN1CC(c2cnc3c(Nc4cc(C5CCNCC5)ns4)nccn23)C=N1. The summed E-state index contributed by atoms with van der Waals surface area (Å²) in [4.78, 5) is 9.12. The maximum Gasteiger partial charge on any atom is 0.180 e. The molecule has 3 aromatic rings. The standard InChI is InChI=1S/C18H22N8S/c1-25-11-13(9-22-25)15-10-21-18-17(20-6-7-26(15)18)23-16-8-14(24-27-16)12-2-4-19-5-3-12/h6-10,12-13,19H,2-5,11H2,1H3,(H,20,23). The highest BCUT2D eigenvalue weighted by atomic mass is 32.1. The molecule has 0 spiro atoms. The Morgan fingerprint density at radius 3 is 2.96 bits per heavy atom. The highest BCUT2D eigenvalue weighted by Gasteiger charge is 2.22. The Balaban J connectivity index is 1.40. The Kier molecular flexibility index (Phi) is 4.25. The quantitative estimate of drug-likeness (QED) is 0.721. The molecule has 2 aliphatic heterocycles. The molecule has 5 heterocycles. The monoisotopic (exact) mass is 382 g/mol. The lowest BCUT2D eigenvalue weighted by molar-refractivity contribution is 0.380. The van der Waals surface area contributed by atoms with Gasteiger partial charge in [-0.25, -0.2) is 9.97 Å². The summed E-state index contributed by atoms with van der Waals surface area (Å²) >= 11 is 1.49. The minimum atomic E-state index is 0.246. The van der Waals surface area contributed by atoms with E-state index in [1.807, 2.05) is 36.9 Å². The van der Waals surface area contributed by atoms with Crippen LogP contribution >= 0.6 is 11.5 Å². The number of imidazole rings is 1. The normalized spacial score (nSPS) is 20.6. The molecule has 9 heteroatoms. The summed E-state index contributed by atoms with van der Waals surface area (Å²) in [5.41, 5.74) is 3.14. The van der Waals surface area contributed by atoms with Crippen LogP contribution in [0.1, 0.15) is 36.1 Å². The minimum absolute atomic E-state index is 0.246. The van der Waals surface area contributed by atoms with Crippen molar-refractivity contribution in [1.82, 2.24) is 29.1 Å². The number of hydrogen-bond acceptors (Lipinski definition) is 8. The molecule has 0 saturated carbocycles. The number of anilines is 2. The van der Waals surface area contributed by atoms with Gasteiger partial charge in [0.2, 0.25) is 0 Å². The van der Waals surface area contributed by atoms with Gasteiger partial charge in [0.25, 0.3) is 0 Å². The van der Waals surface area contributed by atoms with Crippen molar-refractivity contribution in [3.63, 3.8) is 0 Å². The van der Waals surface area contributed by atoms with Gasteiger partial charge in [0.1, 0.15) is 5.00 Å². The molecule has 0 amide bonds. The van der Waals surface area contributed by atoms with E-state index in [1.165, 1.54) is 17.2 Å². The number of piperidine rings is 1. The molecule has 140 valence electrons. The number of hydrazone groups is 1. The van der Waals surface area contributed by atoms with E-state index in [9.17, 15) is 0 Å². The van der Waals surface area contributed by atoms with E-state index in [2.05, 4.69) is 40.5 Å². The second-order valence-corrected chi connectivity index (χ2v) is 7.93. The van der Waals surface area contributed by atoms with Crippen LogP contribution in [0.25, 0.3) is 5.65 Å². The van der Waals surface area contributed by atoms with Crippen LogP contribution in [0.2, 0.25) is 0 Å². The summed E-state index contributed by atoms with van der Waals surface area (Å²) in [6, 6.07) is 2.16. The van der Waals surface area contributed by atoms with Gasteiger partial charge in [-0.2, -0.15) is 9.47 Å². The van der Waals surface area contributed by atoms with E-state index in [1.54, 1.807) is 0 Å². The fourth-order valence-electron chi connectivity index (χ4n) is 3.82. The van der Waals surface area contributed by atoms with Crippen molar-refractivity contribution in [1.29, 1.82) is 0 Å². The second kappa shape index (κ2) is 6.90. The zero-order valence-electron chi connectivity index (χ0n) is 15.2. The fourth-order valence-corrected chi connectivity index (χ4v) is 4.54. The predicted molar refractivity (Wildman–Crippen MR) is 107 cm³/mol. The average Bonchev–Trinajstić information content (AvgIpc) is 3.42. The summed E-state index contributed by atoms with van der Waals surface area (Å²) in [5, 5.41) is 14.1. The van der Waals surface area contributed by atoms with Gasteiger partial charge in [-0.05, 0) is 43.5 Å². The molecule has 8 nitrogen and oxygen atoms in total. The van der Waals surface area contributed by atoms with Crippen molar-refractivity contribution in [2.45, 2.75) is 24.7 Å². The Morgan fingerprint density at radius 1 is 1.26 bits per heavy atom. The molecule has 0 radical (unpaired) electrons. The molecule has 0 bridgehead atoms. The second-order valence-electron chi connectivity index (χ2n) is 7.13. The van der Waals surface area contributed by atoms with Gasteiger partial charge in [-0.15, -0.1) is 0 Å². The number of likely N-dealkylation sites (N-methyl/N-ethyl adjacent to an activating group) is 1. The highest BCUT2D eigenvalue weighted by Crippen LogP contribution is 2.31. The smallest absolute Gasteiger partial charge is 0.180 e. The predicted octanol–water partition coefficient (Wildman–Crippen LogP) is 2.41. The van der Waals surface area contributed by atoms with Crippen LogP contribution in [0.5, 0.6) is 0 Å². The van der Waals surface area contributed by atoms with E-state index >= 15 is 0 Å². The summed E-state index contributed by atoms with van der Waals surface area (Å²) < 4.78 is 6.76. The molecular weight excluding hydrogens is 360 g/mol. The van der Waals surface area contributed by atoms with Gasteiger partial charge in [0.15, 0.2) is 11.5 Å². The average molecular weight is 382 g/mol. The van der Waals surface area contributed by atoms with Crippen LogP contribution in [0.3, 0.4) is 0 Å². The molecule has 1 atom stereocenters. The summed E-state index contributed by atoms with van der Waals surface area (Å²) in [7, 11) is 1.98. The lowest BCUT2D eigenvalue weighted by atomic mass is 9.95. The first-order chi connectivity index (χ1) is 13.3. The molecule has 5 rings (SSSR count). The van der Waals surface area contributed by atoms with E-state index in [4.69, 9.17) is 0 Å². The van der Waals surface area contributed by atoms with E-state index in [0.29, 0.717) is 5.92 Å². The first-order valence-electron chi connectivity index (χ1n) is 9.29. The molecule has 27 heavy (non-hydrogen) atoms. The summed E-state index contributed by atoms with van der Waals surface area (Å²) in [6.07, 6.45) is 9.97. The Morgan fingerprint density at radius 2 is 2.15 bits per heavy atom.